The van der Waals surface area contributed by atoms with E-state index >= 15 is 0 Å². The van der Waals surface area contributed by atoms with Crippen LogP contribution in [0.4, 0.5) is 0 Å². The van der Waals surface area contributed by atoms with Crippen molar-refractivity contribution in [3.63, 3.8) is 0 Å². The highest BCUT2D eigenvalue weighted by molar-refractivity contribution is 5.84. The summed E-state index contributed by atoms with van der Waals surface area (Å²) >= 11 is 0. The minimum atomic E-state index is -0.214. The molecule has 0 radical (unpaired) electrons. The van der Waals surface area contributed by atoms with Crippen molar-refractivity contribution in [2.45, 2.75) is 6.54 Å². The predicted octanol–water partition coefficient (Wildman–Crippen LogP) is 3.11. The Balaban J connectivity index is 1.42. The molecule has 0 aliphatic rings. The first-order chi connectivity index (χ1) is 13.6. The van der Waals surface area contributed by atoms with Crippen LogP contribution in [0.1, 0.15) is 5.82 Å². The first-order valence-electron chi connectivity index (χ1n) is 8.94. The lowest BCUT2D eigenvalue weighted by Gasteiger charge is -2.17. The van der Waals surface area contributed by atoms with Crippen LogP contribution in [0.15, 0.2) is 71.5 Å². The van der Waals surface area contributed by atoms with Crippen molar-refractivity contribution in [1.29, 1.82) is 0 Å². The maximum Gasteiger partial charge on any atom is 0.260 e. The van der Waals surface area contributed by atoms with Gasteiger partial charge in [0.25, 0.3) is 11.5 Å². The molecule has 0 fully saturated rings. The summed E-state index contributed by atoms with van der Waals surface area (Å²) in [6, 6.07) is 20.8. The molecule has 0 spiro atoms. The number of H-pyrrole nitrogens is 1. The largest absolute Gasteiger partial charge is 0.484 e. The molecule has 3 aromatic carbocycles. The van der Waals surface area contributed by atoms with Gasteiger partial charge >= 0.3 is 0 Å². The fraction of sp³-hybridized carbons (Fsp3) is 0.136. The number of para-hydroxylation sites is 1. The third kappa shape index (κ3) is 3.71. The van der Waals surface area contributed by atoms with E-state index in [2.05, 4.69) is 9.97 Å². The third-order valence-electron chi connectivity index (χ3n) is 4.56. The summed E-state index contributed by atoms with van der Waals surface area (Å²) in [6.07, 6.45) is 0. The van der Waals surface area contributed by atoms with E-state index in [9.17, 15) is 9.59 Å². The Morgan fingerprint density at radius 2 is 1.79 bits per heavy atom. The number of rotatable bonds is 5. The molecule has 1 aromatic heterocycles. The highest BCUT2D eigenvalue weighted by Gasteiger charge is 2.13. The molecule has 0 unspecified atom stereocenters. The van der Waals surface area contributed by atoms with E-state index in [-0.39, 0.29) is 24.6 Å². The van der Waals surface area contributed by atoms with E-state index in [0.29, 0.717) is 22.5 Å². The second kappa shape index (κ2) is 7.52. The molecule has 4 rings (SSSR count). The summed E-state index contributed by atoms with van der Waals surface area (Å²) < 4.78 is 5.65. The van der Waals surface area contributed by atoms with Crippen LogP contribution in [0.2, 0.25) is 0 Å². The fourth-order valence-electron chi connectivity index (χ4n) is 3.04. The van der Waals surface area contributed by atoms with Crippen molar-refractivity contribution in [1.82, 2.24) is 14.9 Å². The van der Waals surface area contributed by atoms with Gasteiger partial charge in [-0.1, -0.05) is 42.5 Å². The maximum atomic E-state index is 12.4. The topological polar surface area (TPSA) is 75.3 Å². The summed E-state index contributed by atoms with van der Waals surface area (Å²) in [5.41, 5.74) is 0.392. The van der Waals surface area contributed by atoms with Crippen LogP contribution in [0.5, 0.6) is 5.75 Å². The highest BCUT2D eigenvalue weighted by atomic mass is 16.5. The first-order valence-corrected chi connectivity index (χ1v) is 8.94. The molecule has 140 valence electrons. The summed E-state index contributed by atoms with van der Waals surface area (Å²) in [7, 11) is 1.65. The molecule has 1 N–H and O–H groups in total. The minimum Gasteiger partial charge on any atom is -0.484 e. The number of aromatic nitrogens is 2. The lowest BCUT2D eigenvalue weighted by atomic mass is 10.1. The average Bonchev–Trinajstić information content (AvgIpc) is 2.72. The summed E-state index contributed by atoms with van der Waals surface area (Å²) in [4.78, 5) is 33.2. The van der Waals surface area contributed by atoms with E-state index in [0.717, 1.165) is 10.8 Å². The Labute approximate surface area is 161 Å². The van der Waals surface area contributed by atoms with E-state index in [1.165, 1.54) is 4.90 Å². The number of nitrogens with one attached hydrogen (secondary N) is 1. The Morgan fingerprint density at radius 1 is 1.04 bits per heavy atom. The lowest BCUT2D eigenvalue weighted by molar-refractivity contribution is -0.132. The molecule has 4 aromatic rings. The van der Waals surface area contributed by atoms with Gasteiger partial charge < -0.3 is 14.6 Å². The Morgan fingerprint density at radius 3 is 2.64 bits per heavy atom. The number of hydrogen-bond donors (Lipinski definition) is 1. The van der Waals surface area contributed by atoms with Crippen LogP contribution in [-0.4, -0.2) is 34.4 Å². The van der Waals surface area contributed by atoms with Crippen molar-refractivity contribution >= 4 is 27.6 Å². The maximum absolute atomic E-state index is 12.4. The van der Waals surface area contributed by atoms with Gasteiger partial charge in [-0.25, -0.2) is 4.98 Å². The first kappa shape index (κ1) is 17.7. The highest BCUT2D eigenvalue weighted by Crippen LogP contribution is 2.20. The normalized spacial score (nSPS) is 10.9. The minimum absolute atomic E-state index is 0.0906. The van der Waals surface area contributed by atoms with E-state index < -0.39 is 0 Å². The Kier molecular flexibility index (Phi) is 4.76. The van der Waals surface area contributed by atoms with Gasteiger partial charge in [-0.15, -0.1) is 0 Å². The molecule has 1 heterocycles. The molecule has 28 heavy (non-hydrogen) atoms. The van der Waals surface area contributed by atoms with Crippen LogP contribution < -0.4 is 10.3 Å². The van der Waals surface area contributed by atoms with Crippen molar-refractivity contribution in [2.24, 2.45) is 0 Å². The number of ether oxygens (including phenoxy) is 1. The number of nitrogens with zero attached hydrogens (tertiary/aromatic N) is 2. The van der Waals surface area contributed by atoms with Gasteiger partial charge in [0.05, 0.1) is 17.4 Å². The van der Waals surface area contributed by atoms with Crippen molar-refractivity contribution in [2.75, 3.05) is 13.7 Å². The number of aromatic amines is 1. The number of carbonyl (C=O) groups excluding carboxylic acids is 1. The molecule has 0 atom stereocenters. The van der Waals surface area contributed by atoms with Gasteiger partial charge in [0.15, 0.2) is 6.61 Å². The van der Waals surface area contributed by atoms with Crippen molar-refractivity contribution < 1.29 is 9.53 Å². The summed E-state index contributed by atoms with van der Waals surface area (Å²) in [5, 5.41) is 2.70. The fourth-order valence-corrected chi connectivity index (χ4v) is 3.04. The van der Waals surface area contributed by atoms with Gasteiger partial charge in [-0.2, -0.15) is 0 Å². The van der Waals surface area contributed by atoms with E-state index in [1.807, 2.05) is 48.5 Å². The molecular formula is C22H19N3O3. The smallest absolute Gasteiger partial charge is 0.260 e. The molecule has 1 amide bonds. The van der Waals surface area contributed by atoms with Gasteiger partial charge in [-0.3, -0.25) is 9.59 Å². The molecule has 0 saturated heterocycles. The number of amides is 1. The quantitative estimate of drug-likeness (QED) is 0.583. The zero-order valence-electron chi connectivity index (χ0n) is 15.4. The van der Waals surface area contributed by atoms with Gasteiger partial charge in [0.1, 0.15) is 11.6 Å². The van der Waals surface area contributed by atoms with Crippen molar-refractivity contribution in [3.05, 3.63) is 82.9 Å². The second-order valence-electron chi connectivity index (χ2n) is 6.58. The van der Waals surface area contributed by atoms with Crippen LogP contribution >= 0.6 is 0 Å². The van der Waals surface area contributed by atoms with Gasteiger partial charge in [-0.05, 0) is 35.0 Å². The summed E-state index contributed by atoms with van der Waals surface area (Å²) in [6.45, 7) is 0.104. The van der Waals surface area contributed by atoms with Crippen LogP contribution in [-0.2, 0) is 11.3 Å². The molecule has 6 nitrogen and oxygen atoms in total. The average molecular weight is 373 g/mol. The standard InChI is InChI=1S/C22H19N3O3/c1-25(13-20-23-19-9-5-4-8-18(19)22(27)24-20)21(26)14-28-17-11-10-15-6-2-3-7-16(15)12-17/h2-12H,13-14H2,1H3,(H,23,24,27). The summed E-state index contributed by atoms with van der Waals surface area (Å²) in [5.74, 6) is 0.868. The molecule has 0 aliphatic heterocycles. The molecule has 6 heteroatoms. The Hall–Kier alpha value is -3.67. The van der Waals surface area contributed by atoms with Crippen molar-refractivity contribution in [3.8, 4) is 5.75 Å². The zero-order valence-corrected chi connectivity index (χ0v) is 15.4. The number of hydrogen-bond acceptors (Lipinski definition) is 4. The van der Waals surface area contributed by atoms with E-state index in [1.54, 1.807) is 25.2 Å². The number of likely N-dealkylation sites (N-methyl/N-ethyl adjacent to an activating group) is 1. The SMILES string of the molecule is CN(Cc1nc2ccccc2c(=O)[nH]1)C(=O)COc1ccc2ccccc2c1. The third-order valence-corrected chi connectivity index (χ3v) is 4.56. The van der Waals surface area contributed by atoms with E-state index in [4.69, 9.17) is 4.74 Å². The van der Waals surface area contributed by atoms with Crippen LogP contribution in [0, 0.1) is 0 Å². The van der Waals surface area contributed by atoms with Gasteiger partial charge in [0, 0.05) is 7.05 Å². The van der Waals surface area contributed by atoms with Crippen LogP contribution in [0.3, 0.4) is 0 Å². The van der Waals surface area contributed by atoms with Crippen LogP contribution in [0.25, 0.3) is 21.7 Å². The number of carbonyl (C=O) groups is 1. The zero-order chi connectivity index (χ0) is 19.5. The molecule has 0 bridgehead atoms. The molecular weight excluding hydrogens is 354 g/mol. The number of fused-ring (bicyclic) bond motifs is 2. The van der Waals surface area contributed by atoms with Gasteiger partial charge in [0.2, 0.25) is 0 Å². The lowest BCUT2D eigenvalue weighted by Crippen LogP contribution is -2.32. The monoisotopic (exact) mass is 373 g/mol. The second-order valence-corrected chi connectivity index (χ2v) is 6.58. The number of benzene rings is 3. The molecule has 0 saturated carbocycles. The Bertz CT molecular complexity index is 1220. The predicted molar refractivity (Wildman–Crippen MR) is 108 cm³/mol. The molecule has 0 aliphatic carbocycles.